The minimum atomic E-state index is 0.0211. The van der Waals surface area contributed by atoms with Gasteiger partial charge >= 0.3 is 0 Å². The Kier molecular flexibility index (Phi) is 1.98. The van der Waals surface area contributed by atoms with Gasteiger partial charge in [0, 0.05) is 18.9 Å². The summed E-state index contributed by atoms with van der Waals surface area (Å²) in [5.41, 5.74) is 0. The Balaban J connectivity index is 1.78. The molecule has 2 rings (SSSR count). The first-order valence-corrected chi connectivity index (χ1v) is 4.74. The first kappa shape index (κ1) is 8.53. The number of carbonyl (C=O) groups is 2. The van der Waals surface area contributed by atoms with Gasteiger partial charge in [0.25, 0.3) is 0 Å². The normalized spacial score (nSPS) is 37.0. The highest BCUT2D eigenvalue weighted by Gasteiger charge is 2.40. The van der Waals surface area contributed by atoms with Crippen LogP contribution in [0.25, 0.3) is 0 Å². The molecule has 1 aliphatic heterocycles. The molecule has 1 saturated carbocycles. The maximum absolute atomic E-state index is 11.4. The molecular formula is C9H14N2O2. The largest absolute Gasteiger partial charge is 0.354 e. The maximum Gasteiger partial charge on any atom is 0.223 e. The molecule has 0 spiro atoms. The van der Waals surface area contributed by atoms with E-state index < -0.39 is 0 Å². The molecule has 1 aliphatic carbocycles. The molecule has 2 N–H and O–H groups in total. The predicted octanol–water partition coefficient (Wildman–Crippen LogP) is -0.353. The highest BCUT2D eigenvalue weighted by molar-refractivity contribution is 5.84. The van der Waals surface area contributed by atoms with Crippen LogP contribution in [0.1, 0.15) is 19.8 Å². The second kappa shape index (κ2) is 3.01. The summed E-state index contributed by atoms with van der Waals surface area (Å²) in [6.07, 6.45) is 1.44. The van der Waals surface area contributed by atoms with Gasteiger partial charge in [-0.05, 0) is 12.3 Å². The molecular weight excluding hydrogens is 168 g/mol. The second-order valence-corrected chi connectivity index (χ2v) is 4.03. The molecule has 2 fully saturated rings. The summed E-state index contributed by atoms with van der Waals surface area (Å²) in [5, 5.41) is 5.57. The zero-order valence-corrected chi connectivity index (χ0v) is 7.67. The van der Waals surface area contributed by atoms with Gasteiger partial charge in [-0.15, -0.1) is 0 Å². The summed E-state index contributed by atoms with van der Waals surface area (Å²) in [6, 6.07) is 0.0211. The molecule has 3 unspecified atom stereocenters. The van der Waals surface area contributed by atoms with Crippen LogP contribution in [0.2, 0.25) is 0 Å². The number of hydrogen-bond donors (Lipinski definition) is 2. The van der Waals surface area contributed by atoms with Crippen molar-refractivity contribution in [3.63, 3.8) is 0 Å². The van der Waals surface area contributed by atoms with Crippen LogP contribution in [-0.4, -0.2) is 24.4 Å². The van der Waals surface area contributed by atoms with E-state index in [1.807, 2.05) is 0 Å². The number of rotatable bonds is 2. The quantitative estimate of drug-likeness (QED) is 0.613. The van der Waals surface area contributed by atoms with Crippen LogP contribution in [0, 0.1) is 11.8 Å². The fourth-order valence-electron chi connectivity index (χ4n) is 1.70. The Morgan fingerprint density at radius 1 is 1.62 bits per heavy atom. The lowest BCUT2D eigenvalue weighted by Gasteiger charge is -2.09. The fraction of sp³-hybridized carbons (Fsp3) is 0.778. The number of carbonyl (C=O) groups excluding carboxylic acids is 2. The topological polar surface area (TPSA) is 58.2 Å². The van der Waals surface area contributed by atoms with E-state index in [0.29, 0.717) is 18.9 Å². The molecule has 1 heterocycles. The molecule has 0 aromatic carbocycles. The van der Waals surface area contributed by atoms with Gasteiger partial charge in [-0.3, -0.25) is 9.59 Å². The third-order valence-corrected chi connectivity index (χ3v) is 2.77. The first-order chi connectivity index (χ1) is 6.16. The van der Waals surface area contributed by atoms with Crippen molar-refractivity contribution < 1.29 is 9.59 Å². The van der Waals surface area contributed by atoms with Crippen LogP contribution in [0.3, 0.4) is 0 Å². The highest BCUT2D eigenvalue weighted by Crippen LogP contribution is 2.37. The van der Waals surface area contributed by atoms with Crippen molar-refractivity contribution in [1.82, 2.24) is 10.6 Å². The van der Waals surface area contributed by atoms with E-state index in [0.717, 1.165) is 6.42 Å². The number of hydrogen-bond acceptors (Lipinski definition) is 2. The maximum atomic E-state index is 11.4. The van der Waals surface area contributed by atoms with E-state index in [1.165, 1.54) is 0 Å². The minimum absolute atomic E-state index is 0.0211. The summed E-state index contributed by atoms with van der Waals surface area (Å²) >= 11 is 0. The van der Waals surface area contributed by atoms with Gasteiger partial charge in [0.2, 0.25) is 11.8 Å². The van der Waals surface area contributed by atoms with E-state index in [1.54, 1.807) is 0 Å². The average Bonchev–Trinajstić information content (AvgIpc) is 2.66. The molecule has 4 nitrogen and oxygen atoms in total. The lowest BCUT2D eigenvalue weighted by atomic mass is 10.2. The highest BCUT2D eigenvalue weighted by atomic mass is 16.2. The van der Waals surface area contributed by atoms with Crippen molar-refractivity contribution in [1.29, 1.82) is 0 Å². The van der Waals surface area contributed by atoms with Crippen LogP contribution >= 0.6 is 0 Å². The standard InChI is InChI=1S/C9H14N2O2/c1-5-2-7(5)9(13)11-6-3-8(12)10-4-6/h5-7H,2-4H2,1H3,(H,10,12)(H,11,13). The molecule has 0 bridgehead atoms. The summed E-state index contributed by atoms with van der Waals surface area (Å²) < 4.78 is 0. The fourth-order valence-corrected chi connectivity index (χ4v) is 1.70. The molecule has 0 radical (unpaired) electrons. The SMILES string of the molecule is CC1CC1C(=O)NC1CNC(=O)C1. The van der Waals surface area contributed by atoms with Gasteiger partial charge in [0.1, 0.15) is 0 Å². The van der Waals surface area contributed by atoms with Crippen LogP contribution < -0.4 is 10.6 Å². The Bertz CT molecular complexity index is 252. The van der Waals surface area contributed by atoms with Gasteiger partial charge in [0.15, 0.2) is 0 Å². The van der Waals surface area contributed by atoms with E-state index in [4.69, 9.17) is 0 Å². The van der Waals surface area contributed by atoms with Crippen molar-refractivity contribution in [3.8, 4) is 0 Å². The van der Waals surface area contributed by atoms with Crippen molar-refractivity contribution in [2.45, 2.75) is 25.8 Å². The summed E-state index contributed by atoms with van der Waals surface area (Å²) in [5.74, 6) is 0.893. The molecule has 2 aliphatic rings. The third-order valence-electron chi connectivity index (χ3n) is 2.77. The minimum Gasteiger partial charge on any atom is -0.354 e. The van der Waals surface area contributed by atoms with Crippen LogP contribution in [0.4, 0.5) is 0 Å². The molecule has 13 heavy (non-hydrogen) atoms. The Hall–Kier alpha value is -1.06. The van der Waals surface area contributed by atoms with Gasteiger partial charge in [0.05, 0.1) is 6.04 Å². The van der Waals surface area contributed by atoms with Gasteiger partial charge in [-0.25, -0.2) is 0 Å². The molecule has 0 aromatic rings. The van der Waals surface area contributed by atoms with Crippen molar-refractivity contribution in [3.05, 3.63) is 0 Å². The lowest BCUT2D eigenvalue weighted by molar-refractivity contribution is -0.123. The molecule has 1 saturated heterocycles. The van der Waals surface area contributed by atoms with Crippen molar-refractivity contribution in [2.24, 2.45) is 11.8 Å². The van der Waals surface area contributed by atoms with Crippen molar-refractivity contribution in [2.75, 3.05) is 6.54 Å². The smallest absolute Gasteiger partial charge is 0.223 e. The van der Waals surface area contributed by atoms with Crippen LogP contribution in [-0.2, 0) is 9.59 Å². The molecule has 2 amide bonds. The monoisotopic (exact) mass is 182 g/mol. The molecule has 0 aromatic heterocycles. The van der Waals surface area contributed by atoms with Crippen LogP contribution in [0.5, 0.6) is 0 Å². The molecule has 72 valence electrons. The second-order valence-electron chi connectivity index (χ2n) is 4.03. The lowest BCUT2D eigenvalue weighted by Crippen LogP contribution is -2.37. The predicted molar refractivity (Wildman–Crippen MR) is 46.8 cm³/mol. The van der Waals surface area contributed by atoms with Gasteiger partial charge in [-0.2, -0.15) is 0 Å². The van der Waals surface area contributed by atoms with E-state index in [2.05, 4.69) is 17.6 Å². The zero-order valence-electron chi connectivity index (χ0n) is 7.67. The van der Waals surface area contributed by atoms with Crippen molar-refractivity contribution >= 4 is 11.8 Å². The summed E-state index contributed by atoms with van der Waals surface area (Å²) in [7, 11) is 0. The molecule has 3 atom stereocenters. The van der Waals surface area contributed by atoms with Gasteiger partial charge in [-0.1, -0.05) is 6.92 Å². The van der Waals surface area contributed by atoms with Gasteiger partial charge < -0.3 is 10.6 Å². The first-order valence-electron chi connectivity index (χ1n) is 4.74. The Morgan fingerprint density at radius 3 is 2.77 bits per heavy atom. The Labute approximate surface area is 77.1 Å². The van der Waals surface area contributed by atoms with E-state index in [-0.39, 0.29) is 23.8 Å². The summed E-state index contributed by atoms with van der Waals surface area (Å²) in [4.78, 5) is 22.3. The third kappa shape index (κ3) is 1.82. The molecule has 4 heteroatoms. The summed E-state index contributed by atoms with van der Waals surface area (Å²) in [6.45, 7) is 2.66. The zero-order chi connectivity index (χ0) is 9.42. The van der Waals surface area contributed by atoms with E-state index >= 15 is 0 Å². The van der Waals surface area contributed by atoms with E-state index in [9.17, 15) is 9.59 Å². The number of nitrogens with one attached hydrogen (secondary N) is 2. The van der Waals surface area contributed by atoms with Crippen LogP contribution in [0.15, 0.2) is 0 Å². The average molecular weight is 182 g/mol. The Morgan fingerprint density at radius 2 is 2.31 bits per heavy atom. The number of amides is 2.